The maximum absolute atomic E-state index is 13.8. The lowest BCUT2D eigenvalue weighted by atomic mass is 10.0. The minimum Gasteiger partial charge on any atom is -0.480 e. The van der Waals surface area contributed by atoms with Gasteiger partial charge in [-0.3, -0.25) is 14.6 Å². The molecule has 4 aromatic rings. The van der Waals surface area contributed by atoms with E-state index in [0.29, 0.717) is 22.3 Å². The largest absolute Gasteiger partial charge is 0.480 e. The van der Waals surface area contributed by atoms with Gasteiger partial charge in [-0.25, -0.2) is 9.18 Å². The summed E-state index contributed by atoms with van der Waals surface area (Å²) in [6, 6.07) is 19.7. The fraction of sp³-hybridized carbons (Fsp3) is 0.143. The number of carbonyl (C=O) groups excluding carboxylic acids is 2. The van der Waals surface area contributed by atoms with Gasteiger partial charge in [-0.05, 0) is 42.0 Å². The molecule has 0 radical (unpaired) electrons. The van der Waals surface area contributed by atoms with E-state index in [1.807, 2.05) is 38.1 Å². The zero-order valence-electron chi connectivity index (χ0n) is 19.9. The second-order valence-corrected chi connectivity index (χ2v) is 7.57. The fourth-order valence-electron chi connectivity index (χ4n) is 3.53. The Bertz CT molecular complexity index is 1370. The highest BCUT2D eigenvalue weighted by atomic mass is 19.1. The van der Waals surface area contributed by atoms with E-state index >= 15 is 0 Å². The molecule has 3 aromatic carbocycles. The van der Waals surface area contributed by atoms with E-state index in [0.717, 1.165) is 11.5 Å². The van der Waals surface area contributed by atoms with Gasteiger partial charge in [0.2, 0.25) is 0 Å². The Morgan fingerprint density at radius 2 is 1.53 bits per heavy atom. The number of hydrogen-bond acceptors (Lipinski definition) is 4. The number of aliphatic carboxylic acids is 1. The van der Waals surface area contributed by atoms with Gasteiger partial charge in [0.05, 0.1) is 16.6 Å². The number of pyridine rings is 1. The molecule has 184 valence electrons. The monoisotopic (exact) mass is 487 g/mol. The van der Waals surface area contributed by atoms with Gasteiger partial charge >= 0.3 is 5.97 Å². The Labute approximate surface area is 208 Å². The molecule has 7 nitrogen and oxygen atoms in total. The first-order valence-corrected chi connectivity index (χ1v) is 11.4. The Balaban J connectivity index is 0.00000176. The predicted molar refractivity (Wildman–Crippen MR) is 136 cm³/mol. The van der Waals surface area contributed by atoms with Crippen molar-refractivity contribution < 1.29 is 23.9 Å². The van der Waals surface area contributed by atoms with Crippen molar-refractivity contribution in [2.75, 3.05) is 5.32 Å². The van der Waals surface area contributed by atoms with Crippen LogP contribution in [-0.4, -0.2) is 33.9 Å². The molecular formula is C28H26FN3O4. The number of nitrogens with one attached hydrogen (secondary N) is 2. The molecule has 3 N–H and O–H groups in total. The molecule has 2 amide bonds. The van der Waals surface area contributed by atoms with Crippen LogP contribution >= 0.6 is 0 Å². The van der Waals surface area contributed by atoms with Gasteiger partial charge in [-0.2, -0.15) is 0 Å². The first-order chi connectivity index (χ1) is 17.4. The fourth-order valence-corrected chi connectivity index (χ4v) is 3.53. The number of carbonyl (C=O) groups is 3. The van der Waals surface area contributed by atoms with Crippen LogP contribution in [0.3, 0.4) is 0 Å². The normalized spacial score (nSPS) is 11.1. The summed E-state index contributed by atoms with van der Waals surface area (Å²) in [7, 11) is 0. The van der Waals surface area contributed by atoms with E-state index in [1.165, 1.54) is 18.2 Å². The number of carboxylic acid groups (broad SMARTS) is 1. The average molecular weight is 488 g/mol. The molecule has 1 atom stereocenters. The number of aromatic nitrogens is 1. The van der Waals surface area contributed by atoms with Crippen molar-refractivity contribution in [3.05, 3.63) is 108 Å². The summed E-state index contributed by atoms with van der Waals surface area (Å²) in [4.78, 5) is 41.0. The van der Waals surface area contributed by atoms with Crippen LogP contribution in [0.25, 0.3) is 10.9 Å². The van der Waals surface area contributed by atoms with Crippen LogP contribution in [0, 0.1) is 5.82 Å². The lowest BCUT2D eigenvalue weighted by Crippen LogP contribution is -2.42. The molecule has 0 fully saturated rings. The number of nitrogens with zero attached hydrogens (tertiary/aromatic N) is 1. The molecule has 1 unspecified atom stereocenters. The predicted octanol–water partition coefficient (Wildman–Crippen LogP) is 5.08. The smallest absolute Gasteiger partial charge is 0.326 e. The molecule has 8 heteroatoms. The molecule has 0 aliphatic heterocycles. The highest BCUT2D eigenvalue weighted by Crippen LogP contribution is 2.19. The number of para-hydroxylation sites is 1. The Morgan fingerprint density at radius 1 is 0.861 bits per heavy atom. The van der Waals surface area contributed by atoms with Crippen LogP contribution in [0.2, 0.25) is 0 Å². The number of hydrogen-bond donors (Lipinski definition) is 3. The summed E-state index contributed by atoms with van der Waals surface area (Å²) in [5.74, 6) is -3.08. The number of carboxylic acids is 1. The standard InChI is InChI=1S/C26H20FN3O4.C2H6/c27-21-7-3-1-6-20(21)25(32)30-23(26(33)34)15-16-9-11-17(12-10-16)29-24(31)19-13-14-28-22-8-4-2-5-18(19)22;1-2/h1-14,23H,15H2,(H,29,31)(H,30,32)(H,33,34);1-2H3. The van der Waals surface area contributed by atoms with Crippen molar-refractivity contribution in [3.8, 4) is 0 Å². The highest BCUT2D eigenvalue weighted by Gasteiger charge is 2.22. The number of amides is 2. The van der Waals surface area contributed by atoms with Crippen molar-refractivity contribution in [1.82, 2.24) is 10.3 Å². The van der Waals surface area contributed by atoms with Crippen molar-refractivity contribution >= 4 is 34.4 Å². The molecule has 0 spiro atoms. The lowest BCUT2D eigenvalue weighted by molar-refractivity contribution is -0.139. The zero-order valence-corrected chi connectivity index (χ0v) is 19.9. The molecule has 36 heavy (non-hydrogen) atoms. The Morgan fingerprint density at radius 3 is 2.22 bits per heavy atom. The minimum atomic E-state index is -1.25. The van der Waals surface area contributed by atoms with Crippen molar-refractivity contribution in [3.63, 3.8) is 0 Å². The topological polar surface area (TPSA) is 108 Å². The van der Waals surface area contributed by atoms with Crippen LogP contribution < -0.4 is 10.6 Å². The average Bonchev–Trinajstić information content (AvgIpc) is 2.90. The van der Waals surface area contributed by atoms with E-state index in [9.17, 15) is 23.9 Å². The van der Waals surface area contributed by atoms with Gasteiger partial charge in [-0.15, -0.1) is 0 Å². The third-order valence-corrected chi connectivity index (χ3v) is 5.27. The second-order valence-electron chi connectivity index (χ2n) is 7.57. The van der Waals surface area contributed by atoms with Crippen LogP contribution in [0.1, 0.15) is 40.1 Å². The summed E-state index contributed by atoms with van der Waals surface area (Å²) < 4.78 is 13.8. The van der Waals surface area contributed by atoms with Crippen LogP contribution in [0.15, 0.2) is 85.1 Å². The number of rotatable bonds is 7. The quantitative estimate of drug-likeness (QED) is 0.337. The summed E-state index contributed by atoms with van der Waals surface area (Å²) >= 11 is 0. The van der Waals surface area contributed by atoms with Crippen molar-refractivity contribution in [1.29, 1.82) is 0 Å². The molecule has 1 heterocycles. The molecule has 0 bridgehead atoms. The first kappa shape index (κ1) is 26.0. The molecule has 4 rings (SSSR count). The van der Waals surface area contributed by atoms with Crippen LogP contribution in [-0.2, 0) is 11.2 Å². The summed E-state index contributed by atoms with van der Waals surface area (Å²) in [6.45, 7) is 4.00. The molecular weight excluding hydrogens is 461 g/mol. The third-order valence-electron chi connectivity index (χ3n) is 5.27. The molecule has 0 saturated heterocycles. The number of halogens is 1. The number of anilines is 1. The maximum atomic E-state index is 13.8. The SMILES string of the molecule is CC.O=C(NC(Cc1ccc(NC(=O)c2ccnc3ccccc23)cc1)C(=O)O)c1ccccc1F. The highest BCUT2D eigenvalue weighted by molar-refractivity contribution is 6.12. The maximum Gasteiger partial charge on any atom is 0.326 e. The second kappa shape index (κ2) is 12.2. The molecule has 0 aliphatic carbocycles. The van der Waals surface area contributed by atoms with Crippen molar-refractivity contribution in [2.45, 2.75) is 26.3 Å². The van der Waals surface area contributed by atoms with E-state index < -0.39 is 23.7 Å². The Hall–Kier alpha value is -4.59. The van der Waals surface area contributed by atoms with Gasteiger partial charge in [0.25, 0.3) is 11.8 Å². The van der Waals surface area contributed by atoms with Gasteiger partial charge < -0.3 is 15.7 Å². The Kier molecular flexibility index (Phi) is 8.83. The molecule has 1 aromatic heterocycles. The van der Waals surface area contributed by atoms with E-state index in [2.05, 4.69) is 15.6 Å². The summed E-state index contributed by atoms with van der Waals surface area (Å²) in [5, 5.41) is 15.4. The van der Waals surface area contributed by atoms with Gasteiger partial charge in [-0.1, -0.05) is 56.3 Å². The zero-order chi connectivity index (χ0) is 26.1. The van der Waals surface area contributed by atoms with E-state index in [1.54, 1.807) is 36.5 Å². The molecule has 0 saturated carbocycles. The third kappa shape index (κ3) is 6.29. The first-order valence-electron chi connectivity index (χ1n) is 11.4. The van der Waals surface area contributed by atoms with E-state index in [4.69, 9.17) is 0 Å². The van der Waals surface area contributed by atoms with Crippen LogP contribution in [0.5, 0.6) is 0 Å². The number of benzene rings is 3. The van der Waals surface area contributed by atoms with Gasteiger partial charge in [0.15, 0.2) is 0 Å². The lowest BCUT2D eigenvalue weighted by Gasteiger charge is -2.15. The van der Waals surface area contributed by atoms with Gasteiger partial charge in [0, 0.05) is 23.7 Å². The molecule has 0 aliphatic rings. The number of fused-ring (bicyclic) bond motifs is 1. The van der Waals surface area contributed by atoms with Crippen LogP contribution in [0.4, 0.5) is 10.1 Å². The summed E-state index contributed by atoms with van der Waals surface area (Å²) in [5.41, 5.74) is 2.11. The van der Waals surface area contributed by atoms with Gasteiger partial charge in [0.1, 0.15) is 11.9 Å². The van der Waals surface area contributed by atoms with E-state index in [-0.39, 0.29) is 17.9 Å². The van der Waals surface area contributed by atoms with Crippen molar-refractivity contribution in [2.24, 2.45) is 0 Å². The summed E-state index contributed by atoms with van der Waals surface area (Å²) in [6.07, 6.45) is 1.56. The minimum absolute atomic E-state index is 0.0151.